The molecule has 0 aliphatic carbocycles. The van der Waals surface area contributed by atoms with Crippen LogP contribution in [0.2, 0.25) is 0 Å². The van der Waals surface area contributed by atoms with Gasteiger partial charge in [0.05, 0.1) is 12.6 Å². The molecule has 0 saturated carbocycles. The molecule has 22 heavy (non-hydrogen) atoms. The lowest BCUT2D eigenvalue weighted by Gasteiger charge is -2.21. The number of anilines is 1. The van der Waals surface area contributed by atoms with E-state index in [0.29, 0.717) is 6.54 Å². The van der Waals surface area contributed by atoms with Crippen LogP contribution in [0, 0.1) is 0 Å². The minimum atomic E-state index is -0.279. The van der Waals surface area contributed by atoms with E-state index in [4.69, 9.17) is 5.11 Å². The van der Waals surface area contributed by atoms with Crippen molar-refractivity contribution in [3.8, 4) is 0 Å². The maximum atomic E-state index is 11.6. The highest BCUT2D eigenvalue weighted by atomic mass is 16.3. The fourth-order valence-electron chi connectivity index (χ4n) is 2.51. The third-order valence-corrected chi connectivity index (χ3v) is 3.84. The molecule has 1 atom stereocenters. The molecule has 6 heteroatoms. The molecule has 1 fully saturated rings. The summed E-state index contributed by atoms with van der Waals surface area (Å²) in [7, 11) is 0. The number of aromatic nitrogens is 1. The molecule has 0 radical (unpaired) electrons. The van der Waals surface area contributed by atoms with E-state index in [1.807, 2.05) is 18.3 Å². The van der Waals surface area contributed by atoms with Crippen LogP contribution in [-0.4, -0.2) is 41.9 Å². The van der Waals surface area contributed by atoms with Crippen molar-refractivity contribution in [2.75, 3.05) is 24.6 Å². The van der Waals surface area contributed by atoms with E-state index < -0.39 is 0 Å². The summed E-state index contributed by atoms with van der Waals surface area (Å²) in [4.78, 5) is 18.4. The molecule has 6 nitrogen and oxygen atoms in total. The van der Waals surface area contributed by atoms with Crippen molar-refractivity contribution >= 4 is 11.8 Å². The molecule has 1 aromatic heterocycles. The summed E-state index contributed by atoms with van der Waals surface area (Å²) >= 11 is 0. The Balaban J connectivity index is 1.82. The van der Waals surface area contributed by atoms with E-state index in [2.05, 4.69) is 20.5 Å². The number of carbonyl (C=O) groups is 1. The van der Waals surface area contributed by atoms with Crippen molar-refractivity contribution in [1.29, 1.82) is 0 Å². The molecule has 1 saturated heterocycles. The van der Waals surface area contributed by atoms with Crippen molar-refractivity contribution in [1.82, 2.24) is 15.6 Å². The number of nitrogens with one attached hydrogen (secondary N) is 2. The maximum Gasteiger partial charge on any atom is 0.315 e. The molecule has 0 unspecified atom stereocenters. The van der Waals surface area contributed by atoms with E-state index in [9.17, 15) is 4.79 Å². The fourth-order valence-corrected chi connectivity index (χ4v) is 2.51. The average molecular weight is 306 g/mol. The molecule has 2 amide bonds. The number of pyridine rings is 1. The molecule has 2 rings (SSSR count). The minimum absolute atomic E-state index is 0.0699. The predicted molar refractivity (Wildman–Crippen MR) is 86.8 cm³/mol. The smallest absolute Gasteiger partial charge is 0.315 e. The number of urea groups is 1. The van der Waals surface area contributed by atoms with Gasteiger partial charge in [-0.2, -0.15) is 0 Å². The monoisotopic (exact) mass is 306 g/mol. The summed E-state index contributed by atoms with van der Waals surface area (Å²) < 4.78 is 0. The van der Waals surface area contributed by atoms with Crippen LogP contribution in [-0.2, 0) is 6.54 Å². The molecule has 1 aliphatic heterocycles. The normalized spacial score (nSPS) is 16.7. The molecule has 0 spiro atoms. The summed E-state index contributed by atoms with van der Waals surface area (Å²) in [5, 5.41) is 14.3. The highest BCUT2D eigenvalue weighted by Crippen LogP contribution is 2.17. The van der Waals surface area contributed by atoms with Gasteiger partial charge in [-0.1, -0.05) is 18.9 Å². The second-order valence-corrected chi connectivity index (χ2v) is 5.84. The van der Waals surface area contributed by atoms with Crippen LogP contribution >= 0.6 is 0 Å². The Morgan fingerprint density at radius 2 is 2.05 bits per heavy atom. The molecule has 0 bridgehead atoms. The standard InChI is InChI=1S/C16H26N4O2/c1-13(12-21)19-16(22)18-11-14-6-7-15(17-10-14)20-8-4-2-3-5-9-20/h6-7,10,13,21H,2-5,8-9,11-12H2,1H3,(H2,18,19,22)/t13-/m1/s1. The first kappa shape index (κ1) is 16.5. The number of aliphatic hydroxyl groups is 1. The van der Waals surface area contributed by atoms with Gasteiger partial charge in [0.25, 0.3) is 0 Å². The van der Waals surface area contributed by atoms with Crippen LogP contribution < -0.4 is 15.5 Å². The molecular formula is C16H26N4O2. The van der Waals surface area contributed by atoms with Gasteiger partial charge in [-0.25, -0.2) is 9.78 Å². The van der Waals surface area contributed by atoms with Gasteiger partial charge >= 0.3 is 6.03 Å². The molecule has 122 valence electrons. The Morgan fingerprint density at radius 1 is 1.32 bits per heavy atom. The predicted octanol–water partition coefficient (Wildman–Crippen LogP) is 1.64. The van der Waals surface area contributed by atoms with Gasteiger partial charge < -0.3 is 20.6 Å². The number of carbonyl (C=O) groups excluding carboxylic acids is 1. The van der Waals surface area contributed by atoms with Gasteiger partial charge in [-0.15, -0.1) is 0 Å². The van der Waals surface area contributed by atoms with Crippen LogP contribution in [0.5, 0.6) is 0 Å². The number of aliphatic hydroxyl groups excluding tert-OH is 1. The number of hydrogen-bond donors (Lipinski definition) is 3. The maximum absolute atomic E-state index is 11.6. The van der Waals surface area contributed by atoms with Crippen LogP contribution in [0.25, 0.3) is 0 Å². The van der Waals surface area contributed by atoms with Crippen LogP contribution in [0.15, 0.2) is 18.3 Å². The second kappa shape index (κ2) is 8.58. The Labute approximate surface area is 131 Å². The van der Waals surface area contributed by atoms with Gasteiger partial charge in [-0.05, 0) is 31.4 Å². The van der Waals surface area contributed by atoms with E-state index >= 15 is 0 Å². The number of nitrogens with zero attached hydrogens (tertiary/aromatic N) is 2. The van der Waals surface area contributed by atoms with Crippen molar-refractivity contribution in [3.63, 3.8) is 0 Å². The Morgan fingerprint density at radius 3 is 2.64 bits per heavy atom. The van der Waals surface area contributed by atoms with Gasteiger partial charge in [0.15, 0.2) is 0 Å². The molecule has 3 N–H and O–H groups in total. The van der Waals surface area contributed by atoms with E-state index in [-0.39, 0.29) is 18.7 Å². The van der Waals surface area contributed by atoms with Crippen LogP contribution in [0.4, 0.5) is 10.6 Å². The first-order valence-corrected chi connectivity index (χ1v) is 8.04. The van der Waals surface area contributed by atoms with Crippen molar-refractivity contribution in [2.24, 2.45) is 0 Å². The van der Waals surface area contributed by atoms with E-state index in [1.165, 1.54) is 25.7 Å². The largest absolute Gasteiger partial charge is 0.394 e. The molecule has 1 aliphatic rings. The lowest BCUT2D eigenvalue weighted by Crippen LogP contribution is -2.41. The first-order chi connectivity index (χ1) is 10.7. The zero-order valence-electron chi connectivity index (χ0n) is 13.2. The molecule has 2 heterocycles. The summed E-state index contributed by atoms with van der Waals surface area (Å²) in [6, 6.07) is 3.50. The second-order valence-electron chi connectivity index (χ2n) is 5.84. The van der Waals surface area contributed by atoms with Gasteiger partial charge in [-0.3, -0.25) is 0 Å². The highest BCUT2D eigenvalue weighted by Gasteiger charge is 2.11. The molecule has 1 aromatic rings. The Hall–Kier alpha value is -1.82. The number of amides is 2. The van der Waals surface area contributed by atoms with E-state index in [1.54, 1.807) is 6.92 Å². The van der Waals surface area contributed by atoms with Gasteiger partial charge in [0, 0.05) is 25.8 Å². The first-order valence-electron chi connectivity index (χ1n) is 8.04. The quantitative estimate of drug-likeness (QED) is 0.773. The van der Waals surface area contributed by atoms with Crippen LogP contribution in [0.1, 0.15) is 38.2 Å². The average Bonchev–Trinajstić information content (AvgIpc) is 2.82. The zero-order valence-corrected chi connectivity index (χ0v) is 13.2. The van der Waals surface area contributed by atoms with Crippen molar-refractivity contribution < 1.29 is 9.90 Å². The third-order valence-electron chi connectivity index (χ3n) is 3.84. The summed E-state index contributed by atoms with van der Waals surface area (Å²) in [6.07, 6.45) is 6.89. The molecule has 0 aromatic carbocycles. The van der Waals surface area contributed by atoms with Gasteiger partial charge in [0.2, 0.25) is 0 Å². The fraction of sp³-hybridized carbons (Fsp3) is 0.625. The van der Waals surface area contributed by atoms with Crippen molar-refractivity contribution in [3.05, 3.63) is 23.9 Å². The Bertz CT molecular complexity index is 456. The lowest BCUT2D eigenvalue weighted by molar-refractivity contribution is 0.220. The third kappa shape index (κ3) is 5.18. The van der Waals surface area contributed by atoms with Crippen LogP contribution in [0.3, 0.4) is 0 Å². The van der Waals surface area contributed by atoms with Crippen molar-refractivity contribution in [2.45, 2.75) is 45.2 Å². The number of rotatable bonds is 5. The lowest BCUT2D eigenvalue weighted by atomic mass is 10.2. The Kier molecular flexibility index (Phi) is 6.45. The highest BCUT2D eigenvalue weighted by molar-refractivity contribution is 5.74. The topological polar surface area (TPSA) is 77.5 Å². The number of hydrogen-bond acceptors (Lipinski definition) is 4. The SMILES string of the molecule is C[C@H](CO)NC(=O)NCc1ccc(N2CCCCCC2)nc1. The minimum Gasteiger partial charge on any atom is -0.394 e. The molecular weight excluding hydrogens is 280 g/mol. The van der Waals surface area contributed by atoms with E-state index in [0.717, 1.165) is 24.5 Å². The summed E-state index contributed by atoms with van der Waals surface area (Å²) in [5.74, 6) is 1.02. The zero-order chi connectivity index (χ0) is 15.8. The summed E-state index contributed by atoms with van der Waals surface area (Å²) in [6.45, 7) is 4.26. The summed E-state index contributed by atoms with van der Waals surface area (Å²) in [5.41, 5.74) is 0.963. The van der Waals surface area contributed by atoms with Gasteiger partial charge in [0.1, 0.15) is 5.82 Å².